The van der Waals surface area contributed by atoms with Crippen molar-refractivity contribution in [3.63, 3.8) is 0 Å². The van der Waals surface area contributed by atoms with Crippen LogP contribution >= 0.6 is 0 Å². The molecule has 1 aliphatic rings. The fraction of sp³-hybridized carbons (Fsp3) is 0.391. The third-order valence-electron chi connectivity index (χ3n) is 5.51. The van der Waals surface area contributed by atoms with Crippen LogP contribution in [0.15, 0.2) is 48.5 Å². The molecule has 148 valence electrons. The second kappa shape index (κ2) is 9.02. The molecule has 0 atom stereocenters. The Morgan fingerprint density at radius 2 is 1.71 bits per heavy atom. The minimum Gasteiger partial charge on any atom is -0.337 e. The number of piperazine rings is 1. The SMILES string of the molecule is Cc1ccc(CN(C)C(=O)C[NH+]2CCN(C(=O)c3ccccc3)CC2)c(C)c1. The van der Waals surface area contributed by atoms with Gasteiger partial charge in [0.1, 0.15) is 0 Å². The summed E-state index contributed by atoms with van der Waals surface area (Å²) in [5, 5.41) is 0. The largest absolute Gasteiger partial charge is 0.337 e. The van der Waals surface area contributed by atoms with Gasteiger partial charge in [0.2, 0.25) is 0 Å². The minimum atomic E-state index is 0.0814. The highest BCUT2D eigenvalue weighted by Gasteiger charge is 2.26. The smallest absolute Gasteiger partial charge is 0.277 e. The molecule has 5 heteroatoms. The predicted molar refractivity (Wildman–Crippen MR) is 110 cm³/mol. The number of aryl methyl sites for hydroxylation is 2. The molecule has 0 radical (unpaired) electrons. The summed E-state index contributed by atoms with van der Waals surface area (Å²) in [5.41, 5.74) is 4.38. The van der Waals surface area contributed by atoms with E-state index in [1.165, 1.54) is 21.6 Å². The number of nitrogens with one attached hydrogen (secondary N) is 1. The maximum Gasteiger partial charge on any atom is 0.277 e. The van der Waals surface area contributed by atoms with Gasteiger partial charge in [-0.15, -0.1) is 0 Å². The van der Waals surface area contributed by atoms with Crippen LogP contribution in [0.1, 0.15) is 27.0 Å². The van der Waals surface area contributed by atoms with Crippen LogP contribution in [0.25, 0.3) is 0 Å². The van der Waals surface area contributed by atoms with Gasteiger partial charge in [0.25, 0.3) is 11.8 Å². The van der Waals surface area contributed by atoms with Gasteiger partial charge in [-0.3, -0.25) is 9.59 Å². The number of carbonyl (C=O) groups excluding carboxylic acids is 2. The van der Waals surface area contributed by atoms with E-state index in [0.717, 1.165) is 18.7 Å². The molecule has 1 saturated heterocycles. The zero-order valence-corrected chi connectivity index (χ0v) is 17.1. The molecular formula is C23H30N3O2+. The Hall–Kier alpha value is -2.66. The standard InChI is InChI=1S/C23H29N3O2/c1-18-9-10-21(19(2)15-18)16-24(3)22(27)17-25-11-13-26(14-12-25)23(28)20-7-5-4-6-8-20/h4-10,15H,11-14,16-17H2,1-3H3/p+1. The molecule has 2 amide bonds. The van der Waals surface area contributed by atoms with Gasteiger partial charge in [-0.05, 0) is 37.1 Å². The van der Waals surface area contributed by atoms with Gasteiger partial charge in [-0.25, -0.2) is 0 Å². The van der Waals surface area contributed by atoms with Crippen LogP contribution in [0.5, 0.6) is 0 Å². The highest BCUT2D eigenvalue weighted by Crippen LogP contribution is 2.12. The van der Waals surface area contributed by atoms with Crippen LogP contribution in [0.4, 0.5) is 0 Å². The van der Waals surface area contributed by atoms with E-state index in [-0.39, 0.29) is 11.8 Å². The normalized spacial score (nSPS) is 14.8. The molecule has 0 spiro atoms. The summed E-state index contributed by atoms with van der Waals surface area (Å²) in [5.74, 6) is 0.232. The van der Waals surface area contributed by atoms with Crippen LogP contribution < -0.4 is 4.90 Å². The summed E-state index contributed by atoms with van der Waals surface area (Å²) >= 11 is 0. The van der Waals surface area contributed by atoms with E-state index in [4.69, 9.17) is 0 Å². The fourth-order valence-corrected chi connectivity index (χ4v) is 3.68. The molecule has 1 heterocycles. The summed E-state index contributed by atoms with van der Waals surface area (Å²) in [6.07, 6.45) is 0. The first kappa shape index (κ1) is 20.1. The molecule has 0 aliphatic carbocycles. The maximum absolute atomic E-state index is 12.7. The number of amides is 2. The van der Waals surface area contributed by atoms with Crippen molar-refractivity contribution in [3.05, 3.63) is 70.8 Å². The molecule has 0 saturated carbocycles. The molecule has 0 aromatic heterocycles. The number of hydrogen-bond acceptors (Lipinski definition) is 2. The zero-order valence-electron chi connectivity index (χ0n) is 17.1. The van der Waals surface area contributed by atoms with E-state index in [1.807, 2.05) is 47.2 Å². The van der Waals surface area contributed by atoms with Gasteiger partial charge >= 0.3 is 0 Å². The Labute approximate surface area is 167 Å². The van der Waals surface area contributed by atoms with E-state index in [0.29, 0.717) is 26.2 Å². The van der Waals surface area contributed by atoms with Crippen molar-refractivity contribution in [1.82, 2.24) is 9.80 Å². The number of nitrogens with zero attached hydrogens (tertiary/aromatic N) is 2. The molecule has 5 nitrogen and oxygen atoms in total. The Balaban J connectivity index is 1.48. The van der Waals surface area contributed by atoms with Gasteiger partial charge in [0, 0.05) is 19.2 Å². The van der Waals surface area contributed by atoms with E-state index in [9.17, 15) is 9.59 Å². The Bertz CT molecular complexity index is 827. The van der Waals surface area contributed by atoms with Crippen molar-refractivity contribution in [2.45, 2.75) is 20.4 Å². The van der Waals surface area contributed by atoms with Crippen LogP contribution in [0.2, 0.25) is 0 Å². The average Bonchev–Trinajstić information content (AvgIpc) is 2.70. The lowest BCUT2D eigenvalue weighted by Gasteiger charge is -2.32. The highest BCUT2D eigenvalue weighted by atomic mass is 16.2. The second-order valence-electron chi connectivity index (χ2n) is 7.76. The predicted octanol–water partition coefficient (Wildman–Crippen LogP) is 1.30. The molecule has 1 aliphatic heterocycles. The first-order valence-electron chi connectivity index (χ1n) is 9.92. The lowest BCUT2D eigenvalue weighted by molar-refractivity contribution is -0.896. The van der Waals surface area contributed by atoms with Crippen LogP contribution in [0.3, 0.4) is 0 Å². The van der Waals surface area contributed by atoms with Crippen molar-refractivity contribution in [3.8, 4) is 0 Å². The quantitative estimate of drug-likeness (QED) is 0.850. The Morgan fingerprint density at radius 1 is 1.04 bits per heavy atom. The van der Waals surface area contributed by atoms with Crippen molar-refractivity contribution >= 4 is 11.8 Å². The molecule has 2 aromatic carbocycles. The third kappa shape index (κ3) is 4.98. The van der Waals surface area contributed by atoms with E-state index >= 15 is 0 Å². The van der Waals surface area contributed by atoms with Gasteiger partial charge in [0.05, 0.1) is 26.2 Å². The summed E-state index contributed by atoms with van der Waals surface area (Å²) < 4.78 is 0. The van der Waals surface area contributed by atoms with Crippen LogP contribution in [0, 0.1) is 13.8 Å². The minimum absolute atomic E-state index is 0.0814. The number of likely N-dealkylation sites (N-methyl/N-ethyl adjacent to an activating group) is 1. The molecule has 1 fully saturated rings. The van der Waals surface area contributed by atoms with E-state index in [2.05, 4.69) is 32.0 Å². The fourth-order valence-electron chi connectivity index (χ4n) is 3.68. The van der Waals surface area contributed by atoms with Crippen molar-refractivity contribution in [2.75, 3.05) is 39.8 Å². The second-order valence-corrected chi connectivity index (χ2v) is 7.76. The monoisotopic (exact) mass is 380 g/mol. The summed E-state index contributed by atoms with van der Waals surface area (Å²) in [6.45, 7) is 8.29. The van der Waals surface area contributed by atoms with Crippen LogP contribution in [-0.2, 0) is 11.3 Å². The summed E-state index contributed by atoms with van der Waals surface area (Å²) in [6, 6.07) is 15.8. The van der Waals surface area contributed by atoms with Crippen molar-refractivity contribution in [1.29, 1.82) is 0 Å². The van der Waals surface area contributed by atoms with Gasteiger partial charge < -0.3 is 14.7 Å². The molecule has 0 unspecified atom stereocenters. The third-order valence-corrected chi connectivity index (χ3v) is 5.51. The summed E-state index contributed by atoms with van der Waals surface area (Å²) in [4.78, 5) is 30.1. The Kier molecular flexibility index (Phi) is 6.47. The first-order chi connectivity index (χ1) is 13.4. The van der Waals surface area contributed by atoms with Gasteiger partial charge in [0.15, 0.2) is 6.54 Å². The number of quaternary nitrogens is 1. The molecule has 2 aromatic rings. The number of rotatable bonds is 5. The number of benzene rings is 2. The Morgan fingerprint density at radius 3 is 2.36 bits per heavy atom. The van der Waals surface area contributed by atoms with Gasteiger partial charge in [-0.1, -0.05) is 42.0 Å². The number of hydrogen-bond donors (Lipinski definition) is 1. The summed E-state index contributed by atoms with van der Waals surface area (Å²) in [7, 11) is 1.87. The van der Waals surface area contributed by atoms with Gasteiger partial charge in [-0.2, -0.15) is 0 Å². The molecule has 1 N–H and O–H groups in total. The lowest BCUT2D eigenvalue weighted by atomic mass is 10.1. The van der Waals surface area contributed by atoms with E-state index in [1.54, 1.807) is 0 Å². The molecule has 28 heavy (non-hydrogen) atoms. The lowest BCUT2D eigenvalue weighted by Crippen LogP contribution is -3.15. The molecular weight excluding hydrogens is 350 g/mol. The average molecular weight is 381 g/mol. The zero-order chi connectivity index (χ0) is 20.1. The number of carbonyl (C=O) groups is 2. The van der Waals surface area contributed by atoms with Crippen molar-refractivity contribution < 1.29 is 14.5 Å². The highest BCUT2D eigenvalue weighted by molar-refractivity contribution is 5.94. The first-order valence-corrected chi connectivity index (χ1v) is 9.92. The van der Waals surface area contributed by atoms with Crippen molar-refractivity contribution in [2.24, 2.45) is 0 Å². The van der Waals surface area contributed by atoms with Crippen LogP contribution in [-0.4, -0.2) is 61.4 Å². The topological polar surface area (TPSA) is 45.1 Å². The maximum atomic E-state index is 12.7. The van der Waals surface area contributed by atoms with E-state index < -0.39 is 0 Å². The molecule has 0 bridgehead atoms. The molecule has 3 rings (SSSR count).